The summed E-state index contributed by atoms with van der Waals surface area (Å²) in [6, 6.07) is 0. The van der Waals surface area contributed by atoms with Crippen molar-refractivity contribution >= 4 is 18.6 Å². The van der Waals surface area contributed by atoms with Crippen LogP contribution in [0.4, 0.5) is 0 Å². The summed E-state index contributed by atoms with van der Waals surface area (Å²) in [6.07, 6.45) is 0.334. The molecule has 0 aliphatic rings. The number of rotatable bonds is 3. The molecule has 0 amide bonds. The zero-order valence-corrected chi connectivity index (χ0v) is 6.10. The smallest absolute Gasteiger partial charge is 0.305 e. The van der Waals surface area contributed by atoms with Gasteiger partial charge in [-0.1, -0.05) is 6.92 Å². The lowest BCUT2D eigenvalue weighted by Crippen LogP contribution is -2.12. The van der Waals surface area contributed by atoms with E-state index in [-0.39, 0.29) is 12.6 Å². The van der Waals surface area contributed by atoms with E-state index in [4.69, 9.17) is 5.11 Å². The molecule has 0 aromatic heterocycles. The molecule has 4 heteroatoms. The Morgan fingerprint density at radius 1 is 1.89 bits per heavy atom. The second-order valence-electron chi connectivity index (χ2n) is 1.52. The molecule has 3 nitrogen and oxygen atoms in total. The van der Waals surface area contributed by atoms with E-state index in [1.165, 1.54) is 0 Å². The van der Waals surface area contributed by atoms with Crippen LogP contribution in [0.3, 0.4) is 0 Å². The Morgan fingerprint density at radius 3 is 2.78 bits per heavy atom. The predicted octanol–water partition coefficient (Wildman–Crippen LogP) is 0.188. The molecule has 0 aliphatic heterocycles. The fourth-order valence-electron chi connectivity index (χ4n) is 0.270. The predicted molar refractivity (Wildman–Crippen MR) is 36.2 cm³/mol. The summed E-state index contributed by atoms with van der Waals surface area (Å²) >= 11 is 3.59. The molecule has 0 radical (unpaired) electrons. The van der Waals surface area contributed by atoms with Gasteiger partial charge in [0.25, 0.3) is 0 Å². The Bertz CT molecular complexity index is 92.2. The first-order chi connectivity index (χ1) is 4.16. The molecule has 0 saturated carbocycles. The lowest BCUT2D eigenvalue weighted by molar-refractivity contribution is -0.144. The van der Waals surface area contributed by atoms with E-state index >= 15 is 0 Å². The SMILES string of the molecule is CCC(=O)OCC(O)S. The highest BCUT2D eigenvalue weighted by molar-refractivity contribution is 7.80. The molecule has 54 valence electrons. The lowest BCUT2D eigenvalue weighted by Gasteiger charge is -2.03. The van der Waals surface area contributed by atoms with Gasteiger partial charge in [-0.2, -0.15) is 0 Å². The van der Waals surface area contributed by atoms with E-state index in [0.717, 1.165) is 0 Å². The molecule has 1 N–H and O–H groups in total. The third-order valence-electron chi connectivity index (χ3n) is 0.682. The van der Waals surface area contributed by atoms with Gasteiger partial charge < -0.3 is 9.84 Å². The van der Waals surface area contributed by atoms with Crippen molar-refractivity contribution in [3.63, 3.8) is 0 Å². The van der Waals surface area contributed by atoms with Crippen LogP contribution in [0.2, 0.25) is 0 Å². The molecule has 0 fully saturated rings. The van der Waals surface area contributed by atoms with Crippen LogP contribution in [0.5, 0.6) is 0 Å². The summed E-state index contributed by atoms with van der Waals surface area (Å²) < 4.78 is 4.49. The molecular weight excluding hydrogens is 140 g/mol. The molecule has 1 atom stereocenters. The van der Waals surface area contributed by atoms with Crippen molar-refractivity contribution in [2.24, 2.45) is 0 Å². The molecule has 1 unspecified atom stereocenters. The summed E-state index contributed by atoms with van der Waals surface area (Å²) in [5, 5.41) is 8.48. The van der Waals surface area contributed by atoms with Gasteiger partial charge in [0.1, 0.15) is 12.0 Å². The largest absolute Gasteiger partial charge is 0.462 e. The number of carbonyl (C=O) groups excluding carboxylic acids is 1. The highest BCUT2D eigenvalue weighted by Gasteiger charge is 2.00. The summed E-state index contributed by atoms with van der Waals surface area (Å²) in [7, 11) is 0. The summed E-state index contributed by atoms with van der Waals surface area (Å²) in [5.74, 6) is -0.317. The summed E-state index contributed by atoms with van der Waals surface area (Å²) in [5.41, 5.74) is -0.861. The van der Waals surface area contributed by atoms with Crippen molar-refractivity contribution in [3.8, 4) is 0 Å². The standard InChI is InChI=1S/C5H10O3S/c1-2-4(6)8-3-5(7)9/h5,7,9H,2-3H2,1H3. The number of thiol groups is 1. The quantitative estimate of drug-likeness (QED) is 0.343. The number of esters is 1. The van der Waals surface area contributed by atoms with Gasteiger partial charge in [0.15, 0.2) is 0 Å². The number of carbonyl (C=O) groups is 1. The van der Waals surface area contributed by atoms with E-state index in [1.54, 1.807) is 6.92 Å². The maximum atomic E-state index is 10.3. The molecule has 0 heterocycles. The number of hydrogen-bond donors (Lipinski definition) is 2. The Balaban J connectivity index is 3.17. The number of aliphatic hydroxyl groups excluding tert-OH is 1. The molecule has 9 heavy (non-hydrogen) atoms. The lowest BCUT2D eigenvalue weighted by atomic mass is 10.5. The van der Waals surface area contributed by atoms with Crippen LogP contribution in [0.1, 0.15) is 13.3 Å². The minimum Gasteiger partial charge on any atom is -0.462 e. The molecule has 0 spiro atoms. The van der Waals surface area contributed by atoms with Crippen molar-refractivity contribution in [2.45, 2.75) is 18.8 Å². The Labute approximate surface area is 59.4 Å². The monoisotopic (exact) mass is 150 g/mol. The summed E-state index contributed by atoms with van der Waals surface area (Å²) in [6.45, 7) is 1.66. The van der Waals surface area contributed by atoms with Crippen LogP contribution in [0.25, 0.3) is 0 Å². The van der Waals surface area contributed by atoms with Crippen molar-refractivity contribution in [2.75, 3.05) is 6.61 Å². The van der Waals surface area contributed by atoms with Gasteiger partial charge in [-0.3, -0.25) is 4.79 Å². The zero-order valence-electron chi connectivity index (χ0n) is 5.20. The molecule has 0 bridgehead atoms. The van der Waals surface area contributed by atoms with Crippen LogP contribution in [0, 0.1) is 0 Å². The van der Waals surface area contributed by atoms with Crippen molar-refractivity contribution in [1.29, 1.82) is 0 Å². The third-order valence-corrected chi connectivity index (χ3v) is 0.831. The van der Waals surface area contributed by atoms with Crippen LogP contribution in [0.15, 0.2) is 0 Å². The van der Waals surface area contributed by atoms with Crippen molar-refractivity contribution in [1.82, 2.24) is 0 Å². The molecule has 0 aromatic rings. The summed E-state index contributed by atoms with van der Waals surface area (Å²) in [4.78, 5) is 10.3. The molecule has 0 aliphatic carbocycles. The highest BCUT2D eigenvalue weighted by atomic mass is 32.1. The van der Waals surface area contributed by atoms with Gasteiger partial charge in [0, 0.05) is 6.42 Å². The molecule has 0 aromatic carbocycles. The zero-order chi connectivity index (χ0) is 7.28. The van der Waals surface area contributed by atoms with E-state index in [1.807, 2.05) is 0 Å². The first kappa shape index (κ1) is 8.78. The average Bonchev–Trinajstić information content (AvgIpc) is 1.83. The topological polar surface area (TPSA) is 46.5 Å². The second kappa shape index (κ2) is 4.64. The minimum absolute atomic E-state index is 0.0320. The fourth-order valence-corrected chi connectivity index (χ4v) is 0.344. The minimum atomic E-state index is -0.861. The first-order valence-corrected chi connectivity index (χ1v) is 3.20. The average molecular weight is 150 g/mol. The number of aliphatic hydroxyl groups is 1. The number of hydrogen-bond acceptors (Lipinski definition) is 4. The van der Waals surface area contributed by atoms with Gasteiger partial charge in [0.2, 0.25) is 0 Å². The van der Waals surface area contributed by atoms with Gasteiger partial charge in [-0.25, -0.2) is 0 Å². The maximum Gasteiger partial charge on any atom is 0.305 e. The van der Waals surface area contributed by atoms with Crippen molar-refractivity contribution < 1.29 is 14.6 Å². The van der Waals surface area contributed by atoms with E-state index < -0.39 is 5.44 Å². The van der Waals surface area contributed by atoms with E-state index in [0.29, 0.717) is 6.42 Å². The van der Waals surface area contributed by atoms with E-state index in [2.05, 4.69) is 17.4 Å². The van der Waals surface area contributed by atoms with Crippen molar-refractivity contribution in [3.05, 3.63) is 0 Å². The van der Waals surface area contributed by atoms with Crippen LogP contribution in [-0.4, -0.2) is 23.1 Å². The Morgan fingerprint density at radius 2 is 2.44 bits per heavy atom. The normalized spacial score (nSPS) is 12.8. The Kier molecular flexibility index (Phi) is 4.53. The maximum absolute atomic E-state index is 10.3. The van der Waals surface area contributed by atoms with Gasteiger partial charge >= 0.3 is 5.97 Å². The van der Waals surface area contributed by atoms with Gasteiger partial charge in [0.05, 0.1) is 0 Å². The van der Waals surface area contributed by atoms with E-state index in [9.17, 15) is 4.79 Å². The fraction of sp³-hybridized carbons (Fsp3) is 0.800. The first-order valence-electron chi connectivity index (χ1n) is 2.68. The van der Waals surface area contributed by atoms with Crippen LogP contribution in [-0.2, 0) is 9.53 Å². The molecular formula is C5H10O3S. The highest BCUT2D eigenvalue weighted by Crippen LogP contribution is 1.91. The third kappa shape index (κ3) is 5.65. The van der Waals surface area contributed by atoms with Gasteiger partial charge in [-0.05, 0) is 0 Å². The molecule has 0 rings (SSSR count). The second-order valence-corrected chi connectivity index (χ2v) is 2.11. The van der Waals surface area contributed by atoms with Crippen LogP contribution < -0.4 is 0 Å². The van der Waals surface area contributed by atoms with Gasteiger partial charge in [-0.15, -0.1) is 12.6 Å². The molecule has 0 saturated heterocycles. The Hall–Kier alpha value is -0.220. The van der Waals surface area contributed by atoms with Crippen LogP contribution >= 0.6 is 12.6 Å². The number of ether oxygens (including phenoxy) is 1.